The van der Waals surface area contributed by atoms with Crippen LogP contribution in [0, 0.1) is 0 Å². The van der Waals surface area contributed by atoms with Gasteiger partial charge < -0.3 is 15.4 Å². The highest BCUT2D eigenvalue weighted by Gasteiger charge is 2.19. The van der Waals surface area contributed by atoms with Crippen LogP contribution in [-0.4, -0.2) is 56.2 Å². The number of carbonyl (C=O) groups is 1. The summed E-state index contributed by atoms with van der Waals surface area (Å²) in [6, 6.07) is 7.58. The Labute approximate surface area is 142 Å². The van der Waals surface area contributed by atoms with Gasteiger partial charge in [-0.05, 0) is 31.2 Å². The van der Waals surface area contributed by atoms with E-state index in [1.165, 1.54) is 0 Å². The molecular weight excluding hydrogens is 325 g/mol. The minimum absolute atomic E-state index is 0. The number of nitrogens with one attached hydrogen (secondary N) is 2. The van der Waals surface area contributed by atoms with Crippen LogP contribution in [-0.2, 0) is 4.79 Å². The first kappa shape index (κ1) is 19.0. The van der Waals surface area contributed by atoms with Crippen molar-refractivity contribution in [3.8, 4) is 5.75 Å². The molecule has 1 atom stereocenters. The van der Waals surface area contributed by atoms with Gasteiger partial charge in [-0.15, -0.1) is 12.4 Å². The zero-order valence-electron chi connectivity index (χ0n) is 12.7. The lowest BCUT2D eigenvalue weighted by Crippen LogP contribution is -2.52. The van der Waals surface area contributed by atoms with Crippen LogP contribution in [0.15, 0.2) is 24.3 Å². The first-order valence-electron chi connectivity index (χ1n) is 7.25. The summed E-state index contributed by atoms with van der Waals surface area (Å²) in [6.45, 7) is 6.32. The summed E-state index contributed by atoms with van der Waals surface area (Å²) >= 11 is 5.80. The van der Waals surface area contributed by atoms with Crippen LogP contribution in [0.2, 0.25) is 5.02 Å². The first-order valence-corrected chi connectivity index (χ1v) is 7.63. The molecule has 5 nitrogen and oxygen atoms in total. The maximum atomic E-state index is 11.9. The Morgan fingerprint density at radius 3 is 2.86 bits per heavy atom. The molecule has 0 radical (unpaired) electrons. The van der Waals surface area contributed by atoms with Gasteiger partial charge in [-0.1, -0.05) is 11.6 Å². The predicted octanol–water partition coefficient (Wildman–Crippen LogP) is 1.55. The van der Waals surface area contributed by atoms with Crippen molar-refractivity contribution >= 4 is 29.9 Å². The summed E-state index contributed by atoms with van der Waals surface area (Å²) in [7, 11) is 0. The van der Waals surface area contributed by atoms with E-state index in [1.807, 2.05) is 12.1 Å². The average molecular weight is 348 g/mol. The Hall–Kier alpha value is -1.01. The van der Waals surface area contributed by atoms with Crippen LogP contribution in [0.5, 0.6) is 5.75 Å². The van der Waals surface area contributed by atoms with Gasteiger partial charge in [0, 0.05) is 30.7 Å². The number of hydrogen-bond acceptors (Lipinski definition) is 4. The van der Waals surface area contributed by atoms with Gasteiger partial charge in [0.25, 0.3) is 0 Å². The fraction of sp³-hybridized carbons (Fsp3) is 0.533. The van der Waals surface area contributed by atoms with Crippen molar-refractivity contribution < 1.29 is 9.53 Å². The predicted molar refractivity (Wildman–Crippen MR) is 91.1 cm³/mol. The molecule has 0 aromatic heterocycles. The van der Waals surface area contributed by atoms with Crippen LogP contribution < -0.4 is 15.4 Å². The number of nitrogens with zero attached hydrogens (tertiary/aromatic N) is 1. The van der Waals surface area contributed by atoms with Crippen LogP contribution in [0.25, 0.3) is 0 Å². The van der Waals surface area contributed by atoms with E-state index < -0.39 is 0 Å². The number of halogens is 2. The summed E-state index contributed by atoms with van der Waals surface area (Å²) < 4.78 is 5.53. The second-order valence-electron chi connectivity index (χ2n) is 5.18. The van der Waals surface area contributed by atoms with Crippen LogP contribution in [0.1, 0.15) is 6.92 Å². The molecule has 124 valence electrons. The molecule has 1 aliphatic rings. The molecule has 0 aliphatic carbocycles. The number of ether oxygens (including phenoxy) is 1. The topological polar surface area (TPSA) is 53.6 Å². The SMILES string of the molecule is C[C@H]1CNCCN1CC(=O)NCCOc1ccc(Cl)cc1.Cl. The third kappa shape index (κ3) is 6.40. The summed E-state index contributed by atoms with van der Waals surface area (Å²) in [4.78, 5) is 14.1. The minimum Gasteiger partial charge on any atom is -0.492 e. The van der Waals surface area contributed by atoms with Crippen LogP contribution in [0.4, 0.5) is 0 Å². The van der Waals surface area contributed by atoms with Gasteiger partial charge in [0.2, 0.25) is 5.91 Å². The molecule has 1 aromatic rings. The van der Waals surface area contributed by atoms with E-state index in [4.69, 9.17) is 16.3 Å². The standard InChI is InChI=1S/C15H22ClN3O2.ClH/c1-12-10-17-6-8-19(12)11-15(20)18-7-9-21-14-4-2-13(16)3-5-14;/h2-5,12,17H,6-11H2,1H3,(H,18,20);1H/t12-;/m0./s1. The van der Waals surface area contributed by atoms with Crippen molar-refractivity contribution in [1.29, 1.82) is 0 Å². The van der Waals surface area contributed by atoms with Gasteiger partial charge in [0.05, 0.1) is 13.1 Å². The molecule has 2 rings (SSSR count). The second-order valence-corrected chi connectivity index (χ2v) is 5.61. The average Bonchev–Trinajstić information content (AvgIpc) is 2.48. The van der Waals surface area contributed by atoms with E-state index in [-0.39, 0.29) is 18.3 Å². The number of rotatable bonds is 6. The minimum atomic E-state index is 0. The van der Waals surface area contributed by atoms with Crippen molar-refractivity contribution in [3.63, 3.8) is 0 Å². The van der Waals surface area contributed by atoms with Crippen molar-refractivity contribution in [1.82, 2.24) is 15.5 Å². The van der Waals surface area contributed by atoms with Crippen LogP contribution >= 0.6 is 24.0 Å². The van der Waals surface area contributed by atoms with Crippen molar-refractivity contribution in [3.05, 3.63) is 29.3 Å². The normalized spacial score (nSPS) is 18.4. The summed E-state index contributed by atoms with van der Waals surface area (Å²) in [6.07, 6.45) is 0. The van der Waals surface area contributed by atoms with E-state index in [9.17, 15) is 4.79 Å². The molecule has 2 N–H and O–H groups in total. The molecule has 1 fully saturated rings. The zero-order chi connectivity index (χ0) is 15.1. The van der Waals surface area contributed by atoms with E-state index in [0.717, 1.165) is 25.4 Å². The lowest BCUT2D eigenvalue weighted by atomic mass is 10.2. The van der Waals surface area contributed by atoms with Crippen molar-refractivity contribution in [2.45, 2.75) is 13.0 Å². The molecule has 1 aromatic carbocycles. The van der Waals surface area contributed by atoms with E-state index in [1.54, 1.807) is 12.1 Å². The molecule has 7 heteroatoms. The molecule has 0 spiro atoms. The second kappa shape index (κ2) is 9.90. The van der Waals surface area contributed by atoms with Gasteiger partial charge >= 0.3 is 0 Å². The molecule has 1 heterocycles. The number of hydrogen-bond donors (Lipinski definition) is 2. The van der Waals surface area contributed by atoms with Gasteiger partial charge in [0.1, 0.15) is 12.4 Å². The smallest absolute Gasteiger partial charge is 0.234 e. The molecule has 0 bridgehead atoms. The highest BCUT2D eigenvalue weighted by Crippen LogP contribution is 2.15. The third-order valence-electron chi connectivity index (χ3n) is 3.49. The van der Waals surface area contributed by atoms with Gasteiger partial charge in [0.15, 0.2) is 0 Å². The molecule has 1 amide bonds. The molecule has 0 unspecified atom stereocenters. The maximum absolute atomic E-state index is 11.9. The van der Waals surface area contributed by atoms with Crippen molar-refractivity contribution in [2.75, 3.05) is 39.3 Å². The monoisotopic (exact) mass is 347 g/mol. The Balaban J connectivity index is 0.00000242. The Kier molecular flexibility index (Phi) is 8.56. The van der Waals surface area contributed by atoms with Gasteiger partial charge in [-0.3, -0.25) is 9.69 Å². The summed E-state index contributed by atoms with van der Waals surface area (Å²) in [5.41, 5.74) is 0. The highest BCUT2D eigenvalue weighted by atomic mass is 35.5. The zero-order valence-corrected chi connectivity index (χ0v) is 14.3. The summed E-state index contributed by atoms with van der Waals surface area (Å²) in [5.74, 6) is 0.799. The number of benzene rings is 1. The summed E-state index contributed by atoms with van der Waals surface area (Å²) in [5, 5.41) is 6.87. The van der Waals surface area contributed by atoms with E-state index in [0.29, 0.717) is 30.8 Å². The number of amides is 1. The molecule has 1 saturated heterocycles. The highest BCUT2D eigenvalue weighted by molar-refractivity contribution is 6.30. The van der Waals surface area contributed by atoms with E-state index in [2.05, 4.69) is 22.5 Å². The third-order valence-corrected chi connectivity index (χ3v) is 3.74. The fourth-order valence-corrected chi connectivity index (χ4v) is 2.37. The lowest BCUT2D eigenvalue weighted by molar-refractivity contribution is -0.123. The molecule has 1 aliphatic heterocycles. The van der Waals surface area contributed by atoms with Crippen LogP contribution in [0.3, 0.4) is 0 Å². The largest absolute Gasteiger partial charge is 0.492 e. The lowest BCUT2D eigenvalue weighted by Gasteiger charge is -2.33. The molecule has 0 saturated carbocycles. The number of piperazine rings is 1. The van der Waals surface area contributed by atoms with Crippen molar-refractivity contribution in [2.24, 2.45) is 0 Å². The fourth-order valence-electron chi connectivity index (χ4n) is 2.25. The molecule has 22 heavy (non-hydrogen) atoms. The van der Waals surface area contributed by atoms with E-state index >= 15 is 0 Å². The first-order chi connectivity index (χ1) is 10.1. The number of carbonyl (C=O) groups excluding carboxylic acids is 1. The molecular formula is C15H23Cl2N3O2. The maximum Gasteiger partial charge on any atom is 0.234 e. The van der Waals surface area contributed by atoms with Gasteiger partial charge in [-0.25, -0.2) is 0 Å². The Morgan fingerprint density at radius 1 is 1.45 bits per heavy atom. The Bertz CT molecular complexity index is 457. The Morgan fingerprint density at radius 2 is 2.18 bits per heavy atom. The quantitative estimate of drug-likeness (QED) is 0.766. The van der Waals surface area contributed by atoms with Gasteiger partial charge in [-0.2, -0.15) is 0 Å².